The van der Waals surface area contributed by atoms with Crippen molar-refractivity contribution in [1.29, 1.82) is 0 Å². The van der Waals surface area contributed by atoms with Gasteiger partial charge in [0.25, 0.3) is 15.9 Å². The van der Waals surface area contributed by atoms with E-state index in [-0.39, 0.29) is 41.0 Å². The van der Waals surface area contributed by atoms with E-state index in [9.17, 15) is 40.0 Å². The number of hydrogen-bond acceptors (Lipinski definition) is 7. The van der Waals surface area contributed by atoms with E-state index in [0.29, 0.717) is 17.1 Å². The summed E-state index contributed by atoms with van der Waals surface area (Å²) in [5.74, 6) is -3.80. The highest BCUT2D eigenvalue weighted by molar-refractivity contribution is 7.91. The van der Waals surface area contributed by atoms with Crippen LogP contribution in [0, 0.1) is 11.6 Å². The first-order valence-electron chi connectivity index (χ1n) is 10.9. The molecule has 0 unspecified atom stereocenters. The number of aromatic nitrogens is 1. The third-order valence-corrected chi connectivity index (χ3v) is 7.99. The van der Waals surface area contributed by atoms with Gasteiger partial charge in [-0.3, -0.25) is 15.0 Å². The molecule has 17 heteroatoms. The summed E-state index contributed by atoms with van der Waals surface area (Å²) in [6.07, 6.45) is -3.96. The first-order valence-corrected chi connectivity index (χ1v) is 13.5. The van der Waals surface area contributed by atoms with E-state index in [1.54, 1.807) is 0 Å². The summed E-state index contributed by atoms with van der Waals surface area (Å²) in [7, 11) is -4.17. The fourth-order valence-corrected chi connectivity index (χ4v) is 5.37. The van der Waals surface area contributed by atoms with Crippen molar-refractivity contribution in [1.82, 2.24) is 20.6 Å². The summed E-state index contributed by atoms with van der Waals surface area (Å²) in [5, 5.41) is 4.73. The molecule has 0 saturated heterocycles. The number of nitrogens with one attached hydrogen (secondary N) is 4. The fourth-order valence-electron chi connectivity index (χ4n) is 2.98. The molecule has 210 valence electrons. The maximum Gasteiger partial charge on any atom is 0.417 e. The van der Waals surface area contributed by atoms with Gasteiger partial charge >= 0.3 is 6.18 Å². The molecule has 2 aromatic heterocycles. The number of carbonyl (C=O) groups excluding carboxylic acids is 2. The van der Waals surface area contributed by atoms with Gasteiger partial charge in [0.05, 0.1) is 17.1 Å². The minimum atomic E-state index is -4.59. The van der Waals surface area contributed by atoms with E-state index in [4.69, 9.17) is 11.6 Å². The summed E-state index contributed by atoms with van der Waals surface area (Å²) >= 11 is 6.54. The van der Waals surface area contributed by atoms with Crippen molar-refractivity contribution in [2.24, 2.45) is 0 Å². The van der Waals surface area contributed by atoms with Crippen molar-refractivity contribution in [3.63, 3.8) is 0 Å². The number of hydrazine groups is 1. The topological polar surface area (TPSA) is 129 Å². The van der Waals surface area contributed by atoms with E-state index in [1.165, 1.54) is 12.1 Å². The number of alkyl halides is 3. The molecular weight excluding hydrogens is 593 g/mol. The van der Waals surface area contributed by atoms with E-state index >= 15 is 0 Å². The molecule has 3 aromatic rings. The predicted molar refractivity (Wildman–Crippen MR) is 132 cm³/mol. The number of sulfonamides is 1. The van der Waals surface area contributed by atoms with Crippen LogP contribution in [0.2, 0.25) is 5.02 Å². The Morgan fingerprint density at radius 2 is 1.77 bits per heavy atom. The minimum absolute atomic E-state index is 0.00509. The van der Waals surface area contributed by atoms with Crippen molar-refractivity contribution in [2.45, 2.75) is 29.8 Å². The smallest absolute Gasteiger partial charge is 0.369 e. The standard InChI is InChI=1S/C22H19ClF5N5O4S2/c23-14-9-12(22(26,27)28)10-30-20(14)29-8-2-5-17(34)32-33-39(36,37)18-7-6-13(38-18)11-31-21(35)19-15(24)3-1-4-16(19)25/h1,3-4,6-7,9-10,33H,2,5,8,11H2,(H,29,30)(H,31,35)(H,32,34). The Morgan fingerprint density at radius 1 is 1.08 bits per heavy atom. The number of thiophene rings is 1. The number of nitrogens with zero attached hydrogens (tertiary/aromatic N) is 1. The molecule has 0 aliphatic carbocycles. The van der Waals surface area contributed by atoms with Gasteiger partial charge in [-0.2, -0.15) is 13.2 Å². The normalized spacial score (nSPS) is 11.7. The average Bonchev–Trinajstić information content (AvgIpc) is 3.34. The van der Waals surface area contributed by atoms with Crippen LogP contribution in [-0.2, 0) is 27.5 Å². The zero-order chi connectivity index (χ0) is 28.8. The number of rotatable bonds is 11. The number of carbonyl (C=O) groups is 2. The molecule has 0 fully saturated rings. The lowest BCUT2D eigenvalue weighted by Crippen LogP contribution is -2.41. The van der Waals surface area contributed by atoms with Crippen LogP contribution in [0.25, 0.3) is 0 Å². The molecule has 0 aliphatic rings. The number of hydrogen-bond donors (Lipinski definition) is 4. The summed E-state index contributed by atoms with van der Waals surface area (Å²) in [6, 6.07) is 6.27. The molecule has 0 bridgehead atoms. The largest absolute Gasteiger partial charge is 0.417 e. The molecule has 0 saturated carbocycles. The number of pyridine rings is 1. The highest BCUT2D eigenvalue weighted by atomic mass is 35.5. The van der Waals surface area contributed by atoms with Crippen LogP contribution in [-0.4, -0.2) is 31.8 Å². The van der Waals surface area contributed by atoms with Gasteiger partial charge in [0, 0.05) is 24.0 Å². The maximum atomic E-state index is 13.7. The number of anilines is 1. The van der Waals surface area contributed by atoms with Crippen LogP contribution in [0.3, 0.4) is 0 Å². The van der Waals surface area contributed by atoms with Crippen molar-refractivity contribution in [3.8, 4) is 0 Å². The molecule has 3 rings (SSSR count). The SMILES string of the molecule is O=C(CCCNc1ncc(C(F)(F)F)cc1Cl)NNS(=O)(=O)c1ccc(CNC(=O)c2c(F)cccc2F)s1. The first kappa shape index (κ1) is 30.2. The highest BCUT2D eigenvalue weighted by Crippen LogP contribution is 2.32. The lowest BCUT2D eigenvalue weighted by atomic mass is 10.2. The van der Waals surface area contributed by atoms with Crippen LogP contribution < -0.4 is 20.9 Å². The zero-order valence-electron chi connectivity index (χ0n) is 19.5. The summed E-state index contributed by atoms with van der Waals surface area (Å²) in [4.78, 5) is 29.9. The van der Waals surface area contributed by atoms with Gasteiger partial charge in [-0.1, -0.05) is 17.7 Å². The van der Waals surface area contributed by atoms with Gasteiger partial charge in [-0.15, -0.1) is 16.2 Å². The van der Waals surface area contributed by atoms with Gasteiger partial charge in [0.2, 0.25) is 5.91 Å². The molecule has 0 aliphatic heterocycles. The van der Waals surface area contributed by atoms with Gasteiger partial charge in [-0.05, 0) is 36.8 Å². The lowest BCUT2D eigenvalue weighted by molar-refractivity contribution is -0.137. The van der Waals surface area contributed by atoms with Gasteiger partial charge in [0.15, 0.2) is 0 Å². The molecule has 1 aromatic carbocycles. The molecule has 0 radical (unpaired) electrons. The van der Waals surface area contributed by atoms with E-state index in [2.05, 4.69) is 15.6 Å². The van der Waals surface area contributed by atoms with Gasteiger partial charge < -0.3 is 10.6 Å². The van der Waals surface area contributed by atoms with Crippen molar-refractivity contribution >= 4 is 50.6 Å². The number of halogens is 6. The quantitative estimate of drug-likeness (QED) is 0.146. The number of benzene rings is 1. The van der Waals surface area contributed by atoms with Gasteiger partial charge in [-0.25, -0.2) is 22.2 Å². The van der Waals surface area contributed by atoms with Crippen LogP contribution in [0.15, 0.2) is 46.8 Å². The summed E-state index contributed by atoms with van der Waals surface area (Å²) < 4.78 is 90.1. The molecule has 2 heterocycles. The van der Waals surface area contributed by atoms with Gasteiger partial charge in [0.1, 0.15) is 27.2 Å². The van der Waals surface area contributed by atoms with E-state index in [1.807, 2.05) is 10.3 Å². The summed E-state index contributed by atoms with van der Waals surface area (Å²) in [6.45, 7) is -0.0982. The first-order chi connectivity index (χ1) is 18.3. The second kappa shape index (κ2) is 12.7. The average molecular weight is 612 g/mol. The highest BCUT2D eigenvalue weighted by Gasteiger charge is 2.31. The minimum Gasteiger partial charge on any atom is -0.369 e. The Bertz CT molecular complexity index is 1450. The summed E-state index contributed by atoms with van der Waals surface area (Å²) in [5.41, 5.74) is 0.259. The molecule has 0 atom stereocenters. The predicted octanol–water partition coefficient (Wildman–Crippen LogP) is 4.23. The van der Waals surface area contributed by atoms with E-state index in [0.717, 1.165) is 29.5 Å². The maximum absolute atomic E-state index is 13.7. The van der Waals surface area contributed by atoms with Crippen LogP contribution in [0.4, 0.5) is 27.8 Å². The van der Waals surface area contributed by atoms with Crippen molar-refractivity contribution < 1.29 is 40.0 Å². The molecule has 2 amide bonds. The zero-order valence-corrected chi connectivity index (χ0v) is 21.9. The third kappa shape index (κ3) is 8.32. The molecular formula is C22H19ClF5N5O4S2. The molecule has 39 heavy (non-hydrogen) atoms. The van der Waals surface area contributed by atoms with Crippen LogP contribution >= 0.6 is 22.9 Å². The Morgan fingerprint density at radius 3 is 2.41 bits per heavy atom. The van der Waals surface area contributed by atoms with Crippen LogP contribution in [0.5, 0.6) is 0 Å². The molecule has 0 spiro atoms. The second-order valence-electron chi connectivity index (χ2n) is 7.74. The fraction of sp³-hybridized carbons (Fsp3) is 0.227. The Labute approximate surface area is 227 Å². The van der Waals surface area contributed by atoms with Crippen LogP contribution in [0.1, 0.15) is 33.6 Å². The Hall–Kier alpha value is -3.34. The van der Waals surface area contributed by atoms with Crippen molar-refractivity contribution in [2.75, 3.05) is 11.9 Å². The number of amides is 2. The second-order valence-corrected chi connectivity index (χ2v) is 11.2. The van der Waals surface area contributed by atoms with Crippen molar-refractivity contribution in [3.05, 3.63) is 75.3 Å². The Balaban J connectivity index is 1.43. The molecule has 9 nitrogen and oxygen atoms in total. The Kier molecular flexibility index (Phi) is 9.82. The lowest BCUT2D eigenvalue weighted by Gasteiger charge is -2.11. The third-order valence-electron chi connectivity index (χ3n) is 4.88. The monoisotopic (exact) mass is 611 g/mol. The van der Waals surface area contributed by atoms with E-state index < -0.39 is 50.8 Å². The molecule has 4 N–H and O–H groups in total.